The second-order valence-corrected chi connectivity index (χ2v) is 5.42. The Labute approximate surface area is 117 Å². The molecule has 0 saturated carbocycles. The third-order valence-corrected chi connectivity index (χ3v) is 3.37. The summed E-state index contributed by atoms with van der Waals surface area (Å²) in [6.45, 7) is 13.8. The Morgan fingerprint density at radius 1 is 1.05 bits per heavy atom. The minimum Gasteiger partial charge on any atom is -0.370 e. The fourth-order valence-electron chi connectivity index (χ4n) is 1.76. The van der Waals surface area contributed by atoms with E-state index >= 15 is 0 Å². The van der Waals surface area contributed by atoms with Crippen LogP contribution in [-0.4, -0.2) is 22.6 Å². The van der Waals surface area contributed by atoms with Gasteiger partial charge in [0.1, 0.15) is 17.5 Å². The lowest BCUT2D eigenvalue weighted by Gasteiger charge is -2.21. The van der Waals surface area contributed by atoms with Gasteiger partial charge in [-0.2, -0.15) is 0 Å². The zero-order valence-electron chi connectivity index (χ0n) is 13.2. The molecule has 1 unspecified atom stereocenters. The van der Waals surface area contributed by atoms with E-state index in [4.69, 9.17) is 0 Å². The maximum atomic E-state index is 4.67. The van der Waals surface area contributed by atoms with Gasteiger partial charge in [-0.3, -0.25) is 0 Å². The number of aryl methyl sites for hydroxylation is 1. The average Bonchev–Trinajstić information content (AvgIpc) is 2.35. The smallest absolute Gasteiger partial charge is 0.134 e. The highest BCUT2D eigenvalue weighted by Crippen LogP contribution is 2.22. The van der Waals surface area contributed by atoms with E-state index < -0.39 is 0 Å². The number of anilines is 2. The first-order chi connectivity index (χ1) is 8.99. The molecular weight excluding hydrogens is 236 g/mol. The molecule has 0 saturated heterocycles. The van der Waals surface area contributed by atoms with E-state index in [0.717, 1.165) is 42.4 Å². The molecule has 108 valence electrons. The summed E-state index contributed by atoms with van der Waals surface area (Å²) in [5.41, 5.74) is 1.11. The van der Waals surface area contributed by atoms with Crippen LogP contribution in [0.2, 0.25) is 0 Å². The second-order valence-electron chi connectivity index (χ2n) is 5.42. The van der Waals surface area contributed by atoms with Gasteiger partial charge in [0.05, 0.1) is 0 Å². The number of nitrogens with zero attached hydrogens (tertiary/aromatic N) is 2. The Morgan fingerprint density at radius 2 is 1.68 bits per heavy atom. The molecule has 1 atom stereocenters. The third kappa shape index (κ3) is 4.37. The normalized spacial score (nSPS) is 12.6. The molecule has 4 nitrogen and oxygen atoms in total. The summed E-state index contributed by atoms with van der Waals surface area (Å²) in [5, 5.41) is 6.84. The number of nitrogens with one attached hydrogen (secondary N) is 2. The fraction of sp³-hybridized carbons (Fsp3) is 0.733. The Balaban J connectivity index is 3.06. The van der Waals surface area contributed by atoms with Crippen LogP contribution in [0.3, 0.4) is 0 Å². The highest BCUT2D eigenvalue weighted by molar-refractivity contribution is 5.57. The maximum Gasteiger partial charge on any atom is 0.134 e. The molecule has 1 aromatic rings. The first-order valence-electron chi connectivity index (χ1n) is 7.37. The highest BCUT2D eigenvalue weighted by Gasteiger charge is 2.14. The summed E-state index contributed by atoms with van der Waals surface area (Å²) >= 11 is 0. The van der Waals surface area contributed by atoms with Gasteiger partial charge in [0.2, 0.25) is 0 Å². The van der Waals surface area contributed by atoms with Crippen molar-refractivity contribution in [3.8, 4) is 0 Å². The molecule has 0 aliphatic carbocycles. The van der Waals surface area contributed by atoms with Crippen molar-refractivity contribution in [3.05, 3.63) is 11.4 Å². The Morgan fingerprint density at radius 3 is 2.21 bits per heavy atom. The topological polar surface area (TPSA) is 49.8 Å². The van der Waals surface area contributed by atoms with Crippen molar-refractivity contribution in [3.63, 3.8) is 0 Å². The van der Waals surface area contributed by atoms with Gasteiger partial charge in [-0.05, 0) is 33.1 Å². The summed E-state index contributed by atoms with van der Waals surface area (Å²) in [5.74, 6) is 3.42. The van der Waals surface area contributed by atoms with Crippen LogP contribution in [0.4, 0.5) is 11.6 Å². The number of hydrogen-bond acceptors (Lipinski definition) is 4. The molecule has 19 heavy (non-hydrogen) atoms. The van der Waals surface area contributed by atoms with Gasteiger partial charge >= 0.3 is 0 Å². The molecule has 4 heteroatoms. The summed E-state index contributed by atoms with van der Waals surface area (Å²) < 4.78 is 0. The lowest BCUT2D eigenvalue weighted by Crippen LogP contribution is -2.23. The molecule has 0 bridgehead atoms. The predicted molar refractivity (Wildman–Crippen MR) is 82.9 cm³/mol. The summed E-state index contributed by atoms with van der Waals surface area (Å²) in [6, 6.07) is 0.401. The molecule has 0 aromatic carbocycles. The molecule has 0 amide bonds. The zero-order valence-corrected chi connectivity index (χ0v) is 13.2. The Bertz CT molecular complexity index is 401. The van der Waals surface area contributed by atoms with Crippen molar-refractivity contribution in [2.45, 2.75) is 60.4 Å². The zero-order chi connectivity index (χ0) is 14.4. The monoisotopic (exact) mass is 264 g/mol. The quantitative estimate of drug-likeness (QED) is 0.789. The molecular formula is C15H28N4. The molecule has 0 radical (unpaired) electrons. The maximum absolute atomic E-state index is 4.67. The van der Waals surface area contributed by atoms with Gasteiger partial charge in [0, 0.05) is 24.6 Å². The molecule has 0 spiro atoms. The first kappa shape index (κ1) is 15.7. The SMILES string of the molecule is CCCc1nc(NCC)c(C)c(NC(C)C(C)C)n1. The van der Waals surface area contributed by atoms with E-state index in [-0.39, 0.29) is 0 Å². The Hall–Kier alpha value is -1.32. The van der Waals surface area contributed by atoms with Crippen molar-refractivity contribution in [2.24, 2.45) is 5.92 Å². The van der Waals surface area contributed by atoms with Gasteiger partial charge in [-0.25, -0.2) is 9.97 Å². The van der Waals surface area contributed by atoms with Gasteiger partial charge in [0.25, 0.3) is 0 Å². The summed E-state index contributed by atoms with van der Waals surface area (Å²) in [6.07, 6.45) is 1.98. The van der Waals surface area contributed by atoms with E-state index in [1.807, 2.05) is 0 Å². The summed E-state index contributed by atoms with van der Waals surface area (Å²) in [7, 11) is 0. The molecule has 1 aromatic heterocycles. The minimum atomic E-state index is 0.401. The molecule has 0 fully saturated rings. The minimum absolute atomic E-state index is 0.401. The van der Waals surface area contributed by atoms with E-state index in [0.29, 0.717) is 12.0 Å². The number of hydrogen-bond donors (Lipinski definition) is 2. The fourth-order valence-corrected chi connectivity index (χ4v) is 1.76. The number of aromatic nitrogens is 2. The van der Waals surface area contributed by atoms with Crippen molar-refractivity contribution in [2.75, 3.05) is 17.2 Å². The molecule has 1 heterocycles. The second kappa shape index (κ2) is 7.31. The molecule has 1 rings (SSSR count). The van der Waals surface area contributed by atoms with Crippen LogP contribution < -0.4 is 10.6 Å². The van der Waals surface area contributed by atoms with Crippen LogP contribution >= 0.6 is 0 Å². The summed E-state index contributed by atoms with van der Waals surface area (Å²) in [4.78, 5) is 9.27. The first-order valence-corrected chi connectivity index (χ1v) is 7.37. The van der Waals surface area contributed by atoms with Crippen LogP contribution in [0, 0.1) is 12.8 Å². The van der Waals surface area contributed by atoms with Crippen LogP contribution in [0.5, 0.6) is 0 Å². The van der Waals surface area contributed by atoms with Crippen LogP contribution in [-0.2, 0) is 6.42 Å². The standard InChI is InChI=1S/C15H28N4/c1-7-9-13-18-14(16-8-2)11(5)15(19-13)17-12(6)10(3)4/h10,12H,7-9H2,1-6H3,(H2,16,17,18,19). The number of rotatable bonds is 7. The van der Waals surface area contributed by atoms with Gasteiger partial charge in [0.15, 0.2) is 0 Å². The third-order valence-electron chi connectivity index (χ3n) is 3.37. The molecule has 2 N–H and O–H groups in total. The van der Waals surface area contributed by atoms with Gasteiger partial charge in [-0.1, -0.05) is 20.8 Å². The van der Waals surface area contributed by atoms with Crippen LogP contribution in [0.15, 0.2) is 0 Å². The lowest BCUT2D eigenvalue weighted by atomic mass is 10.1. The van der Waals surface area contributed by atoms with Crippen molar-refractivity contribution in [1.82, 2.24) is 9.97 Å². The van der Waals surface area contributed by atoms with Gasteiger partial charge < -0.3 is 10.6 Å². The molecule has 0 aliphatic heterocycles. The highest BCUT2D eigenvalue weighted by atomic mass is 15.1. The average molecular weight is 264 g/mol. The predicted octanol–water partition coefficient (Wildman–Crippen LogP) is 3.63. The van der Waals surface area contributed by atoms with Crippen molar-refractivity contribution >= 4 is 11.6 Å². The lowest BCUT2D eigenvalue weighted by molar-refractivity contribution is 0.557. The van der Waals surface area contributed by atoms with Crippen molar-refractivity contribution in [1.29, 1.82) is 0 Å². The van der Waals surface area contributed by atoms with Crippen LogP contribution in [0.25, 0.3) is 0 Å². The van der Waals surface area contributed by atoms with E-state index in [2.05, 4.69) is 62.1 Å². The largest absolute Gasteiger partial charge is 0.370 e. The van der Waals surface area contributed by atoms with E-state index in [1.165, 1.54) is 0 Å². The van der Waals surface area contributed by atoms with Crippen LogP contribution in [0.1, 0.15) is 52.4 Å². The van der Waals surface area contributed by atoms with Crippen molar-refractivity contribution < 1.29 is 0 Å². The molecule has 0 aliphatic rings. The van der Waals surface area contributed by atoms with E-state index in [1.54, 1.807) is 0 Å². The Kier molecular flexibility index (Phi) is 6.06. The van der Waals surface area contributed by atoms with Gasteiger partial charge in [-0.15, -0.1) is 0 Å². The van der Waals surface area contributed by atoms with E-state index in [9.17, 15) is 0 Å².